The lowest BCUT2D eigenvalue weighted by atomic mass is 10.2. The van der Waals surface area contributed by atoms with Crippen LogP contribution in [0, 0.1) is 0 Å². The average Bonchev–Trinajstić information content (AvgIpc) is 2.34. The number of amides is 1. The van der Waals surface area contributed by atoms with Crippen LogP contribution in [-0.4, -0.2) is 37.2 Å². The number of hydrogen-bond donors (Lipinski definition) is 0. The summed E-state index contributed by atoms with van der Waals surface area (Å²) >= 11 is 0. The molecule has 0 N–H and O–H groups in total. The zero-order chi connectivity index (χ0) is 15.3. The quantitative estimate of drug-likeness (QED) is 0.845. The molecule has 0 saturated carbocycles. The smallest absolute Gasteiger partial charge is 0.410 e. The van der Waals surface area contributed by atoms with E-state index in [1.54, 1.807) is 4.90 Å². The summed E-state index contributed by atoms with van der Waals surface area (Å²) in [4.78, 5) is 15.8. The van der Waals surface area contributed by atoms with Crippen molar-refractivity contribution in [2.75, 3.05) is 25.5 Å². The fourth-order valence-electron chi connectivity index (χ4n) is 1.75. The van der Waals surface area contributed by atoms with E-state index >= 15 is 0 Å². The molecule has 0 bridgehead atoms. The van der Waals surface area contributed by atoms with E-state index in [1.165, 1.54) is 0 Å². The van der Waals surface area contributed by atoms with Gasteiger partial charge in [0, 0.05) is 32.9 Å². The first-order chi connectivity index (χ1) is 9.23. The van der Waals surface area contributed by atoms with E-state index in [1.807, 2.05) is 53.9 Å². The summed E-state index contributed by atoms with van der Waals surface area (Å²) < 4.78 is 5.40. The van der Waals surface area contributed by atoms with Crippen LogP contribution in [0.5, 0.6) is 0 Å². The minimum atomic E-state index is -0.459. The summed E-state index contributed by atoms with van der Waals surface area (Å²) in [5, 5.41) is 0. The normalized spacial score (nSPS) is 11.1. The Bertz CT molecular complexity index is 433. The molecule has 1 rings (SSSR count). The van der Waals surface area contributed by atoms with Gasteiger partial charge < -0.3 is 14.5 Å². The Balaban J connectivity index is 2.71. The van der Waals surface area contributed by atoms with E-state index < -0.39 is 5.60 Å². The molecule has 20 heavy (non-hydrogen) atoms. The molecule has 4 nitrogen and oxygen atoms in total. The molecule has 0 saturated heterocycles. The highest BCUT2D eigenvalue weighted by molar-refractivity contribution is 5.68. The molecule has 0 aromatic heterocycles. The van der Waals surface area contributed by atoms with Crippen LogP contribution in [0.15, 0.2) is 24.3 Å². The lowest BCUT2D eigenvalue weighted by molar-refractivity contribution is 0.0244. The number of benzene rings is 1. The van der Waals surface area contributed by atoms with Crippen molar-refractivity contribution in [1.82, 2.24) is 4.90 Å². The Hall–Kier alpha value is -1.71. The molecule has 1 amide bonds. The third kappa shape index (κ3) is 5.11. The van der Waals surface area contributed by atoms with Gasteiger partial charge in [-0.3, -0.25) is 0 Å². The van der Waals surface area contributed by atoms with Gasteiger partial charge in [-0.2, -0.15) is 0 Å². The Morgan fingerprint density at radius 3 is 2.10 bits per heavy atom. The molecule has 0 aliphatic rings. The SMILES string of the molecule is CCN(Cc1ccc(N(C)C)cc1)C(=O)OC(C)(C)C. The summed E-state index contributed by atoms with van der Waals surface area (Å²) in [5.41, 5.74) is 1.79. The predicted molar refractivity (Wildman–Crippen MR) is 83.1 cm³/mol. The van der Waals surface area contributed by atoms with Gasteiger partial charge >= 0.3 is 6.09 Å². The zero-order valence-corrected chi connectivity index (χ0v) is 13.4. The van der Waals surface area contributed by atoms with Gasteiger partial charge in [0.1, 0.15) is 5.60 Å². The maximum absolute atomic E-state index is 12.1. The highest BCUT2D eigenvalue weighted by Gasteiger charge is 2.21. The largest absolute Gasteiger partial charge is 0.444 e. The maximum Gasteiger partial charge on any atom is 0.410 e. The Labute approximate surface area is 122 Å². The number of rotatable bonds is 4. The van der Waals surface area contributed by atoms with Gasteiger partial charge in [-0.15, -0.1) is 0 Å². The number of nitrogens with zero attached hydrogens (tertiary/aromatic N) is 2. The van der Waals surface area contributed by atoms with Crippen molar-refractivity contribution in [3.8, 4) is 0 Å². The van der Waals surface area contributed by atoms with Crippen LogP contribution in [0.1, 0.15) is 33.3 Å². The Kier molecular flexibility index (Phi) is 5.43. The van der Waals surface area contributed by atoms with E-state index in [0.29, 0.717) is 13.1 Å². The van der Waals surface area contributed by atoms with Gasteiger partial charge in [0.05, 0.1) is 0 Å². The molecule has 0 radical (unpaired) electrons. The molecule has 0 unspecified atom stereocenters. The van der Waals surface area contributed by atoms with E-state index in [2.05, 4.69) is 17.0 Å². The van der Waals surface area contributed by atoms with Crippen molar-refractivity contribution >= 4 is 11.8 Å². The molecule has 4 heteroatoms. The molecule has 0 spiro atoms. The van der Waals surface area contributed by atoms with Gasteiger partial charge in [0.2, 0.25) is 0 Å². The fraction of sp³-hybridized carbons (Fsp3) is 0.562. The maximum atomic E-state index is 12.1. The van der Waals surface area contributed by atoms with Gasteiger partial charge in [0.15, 0.2) is 0 Å². The van der Waals surface area contributed by atoms with E-state index in [4.69, 9.17) is 4.74 Å². The highest BCUT2D eigenvalue weighted by atomic mass is 16.6. The second kappa shape index (κ2) is 6.64. The standard InChI is InChI=1S/C16H26N2O2/c1-7-18(15(19)20-16(2,3)4)12-13-8-10-14(11-9-13)17(5)6/h8-11H,7,12H2,1-6H3. The third-order valence-electron chi connectivity index (χ3n) is 2.86. The molecular weight excluding hydrogens is 252 g/mol. The molecule has 0 fully saturated rings. The van der Waals surface area contributed by atoms with Crippen molar-refractivity contribution in [3.05, 3.63) is 29.8 Å². The first kappa shape index (κ1) is 16.3. The Morgan fingerprint density at radius 1 is 1.15 bits per heavy atom. The third-order valence-corrected chi connectivity index (χ3v) is 2.86. The van der Waals surface area contributed by atoms with Crippen molar-refractivity contribution < 1.29 is 9.53 Å². The lowest BCUT2D eigenvalue weighted by Gasteiger charge is -2.26. The molecule has 1 aromatic carbocycles. The van der Waals surface area contributed by atoms with Crippen molar-refractivity contribution in [3.63, 3.8) is 0 Å². The van der Waals surface area contributed by atoms with E-state index in [9.17, 15) is 4.79 Å². The minimum Gasteiger partial charge on any atom is -0.444 e. The highest BCUT2D eigenvalue weighted by Crippen LogP contribution is 2.15. The topological polar surface area (TPSA) is 32.8 Å². The summed E-state index contributed by atoms with van der Waals surface area (Å²) in [6.45, 7) is 8.79. The monoisotopic (exact) mass is 278 g/mol. The molecule has 1 aromatic rings. The summed E-state index contributed by atoms with van der Waals surface area (Å²) in [5.74, 6) is 0. The number of carbonyl (C=O) groups is 1. The van der Waals surface area contributed by atoms with Crippen molar-refractivity contribution in [2.45, 2.75) is 39.8 Å². The van der Waals surface area contributed by atoms with Gasteiger partial charge in [-0.05, 0) is 45.4 Å². The van der Waals surface area contributed by atoms with Gasteiger partial charge in [-0.25, -0.2) is 4.79 Å². The number of ether oxygens (including phenoxy) is 1. The van der Waals surface area contributed by atoms with Crippen molar-refractivity contribution in [2.24, 2.45) is 0 Å². The molecule has 0 aliphatic heterocycles. The number of anilines is 1. The zero-order valence-electron chi connectivity index (χ0n) is 13.4. The summed E-state index contributed by atoms with van der Waals surface area (Å²) in [6, 6.07) is 8.20. The van der Waals surface area contributed by atoms with Crippen LogP contribution >= 0.6 is 0 Å². The fourth-order valence-corrected chi connectivity index (χ4v) is 1.75. The summed E-state index contributed by atoms with van der Waals surface area (Å²) in [7, 11) is 4.02. The number of carbonyl (C=O) groups excluding carboxylic acids is 1. The van der Waals surface area contributed by atoms with Gasteiger partial charge in [-0.1, -0.05) is 12.1 Å². The lowest BCUT2D eigenvalue weighted by Crippen LogP contribution is -2.36. The second-order valence-electron chi connectivity index (χ2n) is 6.06. The predicted octanol–water partition coefficient (Wildman–Crippen LogP) is 3.51. The first-order valence-electron chi connectivity index (χ1n) is 6.97. The van der Waals surface area contributed by atoms with Crippen LogP contribution in [0.4, 0.5) is 10.5 Å². The first-order valence-corrected chi connectivity index (χ1v) is 6.97. The molecule has 0 heterocycles. The van der Waals surface area contributed by atoms with Crippen LogP contribution < -0.4 is 4.90 Å². The second-order valence-corrected chi connectivity index (χ2v) is 6.06. The van der Waals surface area contributed by atoms with Crippen LogP contribution in [0.2, 0.25) is 0 Å². The van der Waals surface area contributed by atoms with Crippen LogP contribution in [0.3, 0.4) is 0 Å². The van der Waals surface area contributed by atoms with Crippen LogP contribution in [0.25, 0.3) is 0 Å². The summed E-state index contributed by atoms with van der Waals surface area (Å²) in [6.07, 6.45) is -0.267. The molecule has 0 aliphatic carbocycles. The minimum absolute atomic E-state index is 0.267. The average molecular weight is 278 g/mol. The van der Waals surface area contributed by atoms with Crippen molar-refractivity contribution in [1.29, 1.82) is 0 Å². The molecule has 112 valence electrons. The Morgan fingerprint density at radius 2 is 1.70 bits per heavy atom. The number of hydrogen-bond acceptors (Lipinski definition) is 3. The van der Waals surface area contributed by atoms with Crippen LogP contribution in [-0.2, 0) is 11.3 Å². The molecular formula is C16H26N2O2. The molecule has 0 atom stereocenters. The van der Waals surface area contributed by atoms with E-state index in [0.717, 1.165) is 11.3 Å². The van der Waals surface area contributed by atoms with E-state index in [-0.39, 0.29) is 6.09 Å². The van der Waals surface area contributed by atoms with Gasteiger partial charge in [0.25, 0.3) is 0 Å².